The summed E-state index contributed by atoms with van der Waals surface area (Å²) >= 11 is 0. The zero-order chi connectivity index (χ0) is 21.4. The maximum atomic E-state index is 12.3. The van der Waals surface area contributed by atoms with Crippen LogP contribution in [0, 0.1) is 13.8 Å². The summed E-state index contributed by atoms with van der Waals surface area (Å²) in [5.74, 6) is 0.801. The number of hydrogen-bond donors (Lipinski definition) is 2. The fourth-order valence-corrected chi connectivity index (χ4v) is 2.56. The molecule has 0 aromatic heterocycles. The highest BCUT2D eigenvalue weighted by atomic mass is 16.5. The fraction of sp³-hybridized carbons (Fsp3) is 0.391. The average Bonchev–Trinajstić information content (AvgIpc) is 2.69. The molecule has 0 saturated heterocycles. The maximum absolute atomic E-state index is 12.3. The SMILES string of the molecule is Cc1ccc(O[C@@H](C)C(=O)NC[C@H](C)NC(=O)[C@@H](C)Oc2ccc(C)cc2)cc1. The third-order valence-corrected chi connectivity index (χ3v) is 4.38. The van der Waals surface area contributed by atoms with Gasteiger partial charge in [0.15, 0.2) is 12.2 Å². The normalized spacial score (nSPS) is 13.7. The molecular weight excluding hydrogens is 368 g/mol. The Labute approximate surface area is 172 Å². The third-order valence-electron chi connectivity index (χ3n) is 4.38. The average molecular weight is 399 g/mol. The third kappa shape index (κ3) is 7.49. The van der Waals surface area contributed by atoms with Gasteiger partial charge in [0, 0.05) is 12.6 Å². The summed E-state index contributed by atoms with van der Waals surface area (Å²) in [5.41, 5.74) is 2.25. The summed E-state index contributed by atoms with van der Waals surface area (Å²) < 4.78 is 11.3. The molecule has 2 aromatic carbocycles. The molecule has 0 saturated carbocycles. The molecule has 0 heterocycles. The van der Waals surface area contributed by atoms with Gasteiger partial charge in [-0.2, -0.15) is 0 Å². The Bertz CT molecular complexity index is 803. The summed E-state index contributed by atoms with van der Waals surface area (Å²) in [7, 11) is 0. The first-order valence-corrected chi connectivity index (χ1v) is 9.79. The van der Waals surface area contributed by atoms with Gasteiger partial charge in [0.1, 0.15) is 11.5 Å². The summed E-state index contributed by atoms with van der Waals surface area (Å²) in [6, 6.07) is 14.8. The van der Waals surface area contributed by atoms with Crippen LogP contribution in [-0.4, -0.2) is 36.6 Å². The van der Waals surface area contributed by atoms with Gasteiger partial charge >= 0.3 is 0 Å². The zero-order valence-electron chi connectivity index (χ0n) is 17.7. The van der Waals surface area contributed by atoms with Crippen molar-refractivity contribution in [2.45, 2.75) is 52.9 Å². The lowest BCUT2D eigenvalue weighted by Gasteiger charge is -2.20. The molecule has 6 nitrogen and oxygen atoms in total. The first-order chi connectivity index (χ1) is 13.7. The molecule has 29 heavy (non-hydrogen) atoms. The van der Waals surface area contributed by atoms with Crippen molar-refractivity contribution in [2.24, 2.45) is 0 Å². The Morgan fingerprint density at radius 3 is 1.62 bits per heavy atom. The minimum absolute atomic E-state index is 0.240. The molecule has 0 radical (unpaired) electrons. The highest BCUT2D eigenvalue weighted by Crippen LogP contribution is 2.14. The van der Waals surface area contributed by atoms with E-state index in [1.165, 1.54) is 0 Å². The predicted octanol–water partition coefficient (Wildman–Crippen LogP) is 3.16. The van der Waals surface area contributed by atoms with Crippen molar-refractivity contribution in [1.82, 2.24) is 10.6 Å². The fourth-order valence-electron chi connectivity index (χ4n) is 2.56. The van der Waals surface area contributed by atoms with E-state index in [2.05, 4.69) is 10.6 Å². The van der Waals surface area contributed by atoms with E-state index in [0.717, 1.165) is 11.1 Å². The van der Waals surface area contributed by atoms with Crippen molar-refractivity contribution in [2.75, 3.05) is 6.54 Å². The predicted molar refractivity (Wildman–Crippen MR) is 113 cm³/mol. The Hall–Kier alpha value is -3.02. The number of rotatable bonds is 9. The highest BCUT2D eigenvalue weighted by Gasteiger charge is 2.19. The van der Waals surface area contributed by atoms with Gasteiger partial charge in [-0.3, -0.25) is 9.59 Å². The quantitative estimate of drug-likeness (QED) is 0.680. The molecule has 0 aliphatic rings. The monoisotopic (exact) mass is 398 g/mol. The maximum Gasteiger partial charge on any atom is 0.261 e. The van der Waals surface area contributed by atoms with Crippen molar-refractivity contribution in [3.05, 3.63) is 59.7 Å². The van der Waals surface area contributed by atoms with Gasteiger partial charge in [0.25, 0.3) is 11.8 Å². The van der Waals surface area contributed by atoms with E-state index in [1.807, 2.05) is 69.3 Å². The summed E-state index contributed by atoms with van der Waals surface area (Å²) in [5, 5.41) is 5.64. The number of carbonyl (C=O) groups is 2. The minimum Gasteiger partial charge on any atom is -0.481 e. The number of ether oxygens (including phenoxy) is 2. The van der Waals surface area contributed by atoms with Crippen molar-refractivity contribution >= 4 is 11.8 Å². The van der Waals surface area contributed by atoms with Crippen LogP contribution in [0.3, 0.4) is 0 Å². The van der Waals surface area contributed by atoms with Crippen LogP contribution >= 0.6 is 0 Å². The zero-order valence-corrected chi connectivity index (χ0v) is 17.7. The van der Waals surface area contributed by atoms with Crippen molar-refractivity contribution in [3.8, 4) is 11.5 Å². The number of benzene rings is 2. The molecule has 156 valence electrons. The van der Waals surface area contributed by atoms with E-state index in [-0.39, 0.29) is 17.9 Å². The lowest BCUT2D eigenvalue weighted by Crippen LogP contribution is -2.48. The molecule has 2 amide bonds. The van der Waals surface area contributed by atoms with Gasteiger partial charge in [0.05, 0.1) is 0 Å². The standard InChI is InChI=1S/C23H30N2O4/c1-15-6-10-20(11-7-15)28-18(4)22(26)24-14-17(3)25-23(27)19(5)29-21-12-8-16(2)9-13-21/h6-13,17-19H,14H2,1-5H3,(H,24,26)(H,25,27)/t17-,18-,19+/m0/s1. The molecule has 0 aliphatic heterocycles. The van der Waals surface area contributed by atoms with Gasteiger partial charge in [-0.05, 0) is 58.9 Å². The number of aryl methyl sites for hydroxylation is 2. The number of hydrogen-bond acceptors (Lipinski definition) is 4. The van der Waals surface area contributed by atoms with Crippen molar-refractivity contribution < 1.29 is 19.1 Å². The van der Waals surface area contributed by atoms with E-state index >= 15 is 0 Å². The molecule has 0 spiro atoms. The van der Waals surface area contributed by atoms with E-state index in [9.17, 15) is 9.59 Å². The van der Waals surface area contributed by atoms with Gasteiger partial charge in [-0.1, -0.05) is 35.4 Å². The molecule has 0 aliphatic carbocycles. The Morgan fingerprint density at radius 2 is 1.17 bits per heavy atom. The molecule has 0 fully saturated rings. The van der Waals surface area contributed by atoms with E-state index in [1.54, 1.807) is 13.8 Å². The molecule has 6 heteroatoms. The van der Waals surface area contributed by atoms with Gasteiger partial charge in [-0.15, -0.1) is 0 Å². The summed E-state index contributed by atoms with van der Waals surface area (Å²) in [4.78, 5) is 24.5. The van der Waals surface area contributed by atoms with Crippen LogP contribution in [0.2, 0.25) is 0 Å². The van der Waals surface area contributed by atoms with Gasteiger partial charge in [-0.25, -0.2) is 0 Å². The largest absolute Gasteiger partial charge is 0.481 e. The Kier molecular flexibility index (Phi) is 8.07. The summed E-state index contributed by atoms with van der Waals surface area (Å²) in [6.07, 6.45) is -1.27. The molecule has 0 unspecified atom stereocenters. The van der Waals surface area contributed by atoms with Gasteiger partial charge in [0.2, 0.25) is 0 Å². The first kappa shape index (κ1) is 22.3. The second-order valence-corrected chi connectivity index (χ2v) is 7.30. The van der Waals surface area contributed by atoms with Crippen molar-refractivity contribution in [1.29, 1.82) is 0 Å². The van der Waals surface area contributed by atoms with E-state index in [4.69, 9.17) is 9.47 Å². The van der Waals surface area contributed by atoms with E-state index in [0.29, 0.717) is 18.0 Å². The Balaban J connectivity index is 1.73. The molecule has 2 aromatic rings. The molecule has 2 rings (SSSR count). The van der Waals surface area contributed by atoms with Crippen LogP contribution < -0.4 is 20.1 Å². The summed E-state index contributed by atoms with van der Waals surface area (Å²) in [6.45, 7) is 9.48. The lowest BCUT2D eigenvalue weighted by molar-refractivity contribution is -0.129. The molecule has 0 bridgehead atoms. The van der Waals surface area contributed by atoms with Crippen LogP contribution in [0.4, 0.5) is 0 Å². The van der Waals surface area contributed by atoms with E-state index < -0.39 is 12.2 Å². The van der Waals surface area contributed by atoms with Crippen LogP contribution in [0.15, 0.2) is 48.5 Å². The number of nitrogens with one attached hydrogen (secondary N) is 2. The second-order valence-electron chi connectivity index (χ2n) is 7.30. The molecule has 3 atom stereocenters. The van der Waals surface area contributed by atoms with Crippen LogP contribution in [0.1, 0.15) is 31.9 Å². The van der Waals surface area contributed by atoms with Crippen LogP contribution in [-0.2, 0) is 9.59 Å². The molecular formula is C23H30N2O4. The Morgan fingerprint density at radius 1 is 0.759 bits per heavy atom. The van der Waals surface area contributed by atoms with Crippen LogP contribution in [0.25, 0.3) is 0 Å². The van der Waals surface area contributed by atoms with Crippen molar-refractivity contribution in [3.63, 3.8) is 0 Å². The lowest BCUT2D eigenvalue weighted by atomic mass is 10.2. The first-order valence-electron chi connectivity index (χ1n) is 9.79. The number of amides is 2. The smallest absolute Gasteiger partial charge is 0.261 e. The second kappa shape index (κ2) is 10.5. The minimum atomic E-state index is -0.639. The van der Waals surface area contributed by atoms with Crippen LogP contribution in [0.5, 0.6) is 11.5 Å². The number of carbonyl (C=O) groups excluding carboxylic acids is 2. The highest BCUT2D eigenvalue weighted by molar-refractivity contribution is 5.82. The topological polar surface area (TPSA) is 76.7 Å². The van der Waals surface area contributed by atoms with Gasteiger partial charge < -0.3 is 20.1 Å². The molecule has 2 N–H and O–H groups in total.